The number of ether oxygens (including phenoxy) is 1. The van der Waals surface area contributed by atoms with Crippen LogP contribution in [-0.2, 0) is 4.74 Å². The number of nitrogens with zero attached hydrogens (tertiary/aromatic N) is 2. The van der Waals surface area contributed by atoms with Gasteiger partial charge in [-0.25, -0.2) is 13.6 Å². The number of nitrogens with two attached hydrogens (primary N) is 1. The molecule has 0 radical (unpaired) electrons. The van der Waals surface area contributed by atoms with Gasteiger partial charge in [0.25, 0.3) is 0 Å². The fourth-order valence-electron chi connectivity index (χ4n) is 1.95. The largest absolute Gasteiger partial charge is 0.464 e. The van der Waals surface area contributed by atoms with Gasteiger partial charge in [-0.3, -0.25) is 0 Å². The van der Waals surface area contributed by atoms with Crippen molar-refractivity contribution in [1.29, 1.82) is 5.26 Å². The molecule has 2 N–H and O–H groups in total. The number of anilines is 1. The minimum absolute atomic E-state index is 0.0734. The maximum absolute atomic E-state index is 14.2. The Morgan fingerprint density at radius 3 is 2.67 bits per heavy atom. The maximum Gasteiger partial charge on any atom is 0.357 e. The van der Waals surface area contributed by atoms with Gasteiger partial charge >= 0.3 is 5.97 Å². The second-order valence-electron chi connectivity index (χ2n) is 4.31. The van der Waals surface area contributed by atoms with Crippen molar-refractivity contribution in [1.82, 2.24) is 4.57 Å². The molecular formula is C14H11F2N3O2. The summed E-state index contributed by atoms with van der Waals surface area (Å²) in [5.41, 5.74) is 4.83. The number of carbonyl (C=O) groups excluding carboxylic acids is 1. The lowest BCUT2D eigenvalue weighted by molar-refractivity contribution is 0.0593. The van der Waals surface area contributed by atoms with E-state index in [2.05, 4.69) is 4.74 Å². The maximum atomic E-state index is 14.2. The Labute approximate surface area is 119 Å². The quantitative estimate of drug-likeness (QED) is 0.861. The van der Waals surface area contributed by atoms with Gasteiger partial charge in [-0.1, -0.05) is 6.07 Å². The monoisotopic (exact) mass is 291 g/mol. The summed E-state index contributed by atoms with van der Waals surface area (Å²) in [5.74, 6) is -2.63. The molecule has 0 aliphatic carbocycles. The molecule has 7 heteroatoms. The third kappa shape index (κ3) is 2.21. The predicted octanol–water partition coefficient (Wildman–Crippen LogP) is 2.30. The Bertz CT molecular complexity index is 776. The zero-order chi connectivity index (χ0) is 15.7. The van der Waals surface area contributed by atoms with E-state index in [-0.39, 0.29) is 22.5 Å². The molecule has 0 bridgehead atoms. The second kappa shape index (κ2) is 5.25. The number of esters is 1. The first-order chi connectivity index (χ1) is 9.92. The van der Waals surface area contributed by atoms with Crippen molar-refractivity contribution in [3.8, 4) is 11.8 Å². The van der Waals surface area contributed by atoms with E-state index < -0.39 is 23.3 Å². The molecule has 0 aliphatic rings. The Hall–Kier alpha value is -2.88. The van der Waals surface area contributed by atoms with Crippen LogP contribution in [0.1, 0.15) is 21.6 Å². The van der Waals surface area contributed by atoms with Gasteiger partial charge < -0.3 is 15.0 Å². The van der Waals surface area contributed by atoms with Gasteiger partial charge in [0, 0.05) is 6.20 Å². The SMILES string of the molecule is COC(=O)c1c(N)c(C#N)cn1-c1c(F)ccc(C)c1F. The summed E-state index contributed by atoms with van der Waals surface area (Å²) in [6.45, 7) is 1.45. The fraction of sp³-hybridized carbons (Fsp3) is 0.143. The number of carbonyl (C=O) groups is 1. The Morgan fingerprint density at radius 2 is 2.10 bits per heavy atom. The van der Waals surface area contributed by atoms with Gasteiger partial charge in [0.05, 0.1) is 18.4 Å². The lowest BCUT2D eigenvalue weighted by Crippen LogP contribution is -2.13. The third-order valence-electron chi connectivity index (χ3n) is 3.04. The van der Waals surface area contributed by atoms with Crippen LogP contribution in [0.15, 0.2) is 18.3 Å². The molecule has 0 fully saturated rings. The summed E-state index contributed by atoms with van der Waals surface area (Å²) >= 11 is 0. The van der Waals surface area contributed by atoms with Crippen LogP contribution in [0.5, 0.6) is 0 Å². The summed E-state index contributed by atoms with van der Waals surface area (Å²) in [5, 5.41) is 8.97. The molecule has 0 atom stereocenters. The van der Waals surface area contributed by atoms with Crippen LogP contribution >= 0.6 is 0 Å². The normalized spacial score (nSPS) is 10.2. The molecule has 2 rings (SSSR count). The van der Waals surface area contributed by atoms with Crippen LogP contribution in [0.4, 0.5) is 14.5 Å². The molecule has 0 amide bonds. The molecule has 5 nitrogen and oxygen atoms in total. The van der Waals surface area contributed by atoms with Gasteiger partial charge in [-0.05, 0) is 18.6 Å². The highest BCUT2D eigenvalue weighted by molar-refractivity contribution is 5.96. The highest BCUT2D eigenvalue weighted by atomic mass is 19.1. The molecule has 1 heterocycles. The highest BCUT2D eigenvalue weighted by Crippen LogP contribution is 2.28. The molecule has 0 unspecified atom stereocenters. The molecule has 1 aromatic heterocycles. The number of rotatable bonds is 2. The summed E-state index contributed by atoms with van der Waals surface area (Å²) in [4.78, 5) is 11.8. The predicted molar refractivity (Wildman–Crippen MR) is 70.9 cm³/mol. The number of aryl methyl sites for hydroxylation is 1. The number of nitrogen functional groups attached to an aromatic ring is 1. The third-order valence-corrected chi connectivity index (χ3v) is 3.04. The van der Waals surface area contributed by atoms with Gasteiger partial charge in [-0.15, -0.1) is 0 Å². The van der Waals surface area contributed by atoms with Gasteiger partial charge in [0.15, 0.2) is 11.5 Å². The van der Waals surface area contributed by atoms with Gasteiger partial charge in [0.1, 0.15) is 17.6 Å². The van der Waals surface area contributed by atoms with Crippen molar-refractivity contribution in [2.45, 2.75) is 6.92 Å². The molecule has 108 valence electrons. The van der Waals surface area contributed by atoms with Crippen LogP contribution in [0, 0.1) is 29.9 Å². The standard InChI is InChI=1S/C14H11F2N3O2/c1-7-3-4-9(15)12(10(7)16)19-6-8(5-17)11(18)13(19)14(20)21-2/h3-4,6H,18H2,1-2H3. The minimum Gasteiger partial charge on any atom is -0.464 e. The van der Waals surface area contributed by atoms with Crippen molar-refractivity contribution in [2.75, 3.05) is 12.8 Å². The van der Waals surface area contributed by atoms with E-state index in [4.69, 9.17) is 11.0 Å². The average molecular weight is 291 g/mol. The van der Waals surface area contributed by atoms with Crippen LogP contribution in [-0.4, -0.2) is 17.6 Å². The Balaban J connectivity index is 2.85. The lowest BCUT2D eigenvalue weighted by Gasteiger charge is -2.11. The fourth-order valence-corrected chi connectivity index (χ4v) is 1.95. The van der Waals surface area contributed by atoms with Gasteiger partial charge in [-0.2, -0.15) is 5.26 Å². The molecule has 0 aliphatic heterocycles. The van der Waals surface area contributed by atoms with E-state index in [1.165, 1.54) is 13.0 Å². The number of benzene rings is 1. The zero-order valence-electron chi connectivity index (χ0n) is 11.3. The molecule has 21 heavy (non-hydrogen) atoms. The van der Waals surface area contributed by atoms with E-state index in [1.54, 1.807) is 6.07 Å². The van der Waals surface area contributed by atoms with E-state index in [9.17, 15) is 13.6 Å². The molecule has 0 saturated carbocycles. The molecule has 0 saturated heterocycles. The van der Waals surface area contributed by atoms with Crippen molar-refractivity contribution < 1.29 is 18.3 Å². The highest BCUT2D eigenvalue weighted by Gasteiger charge is 2.25. The smallest absolute Gasteiger partial charge is 0.357 e. The number of halogens is 2. The van der Waals surface area contributed by atoms with Crippen molar-refractivity contribution in [2.24, 2.45) is 0 Å². The molecule has 1 aromatic carbocycles. The number of aromatic nitrogens is 1. The molecule has 2 aromatic rings. The molecular weight excluding hydrogens is 280 g/mol. The number of hydrogen-bond donors (Lipinski definition) is 1. The lowest BCUT2D eigenvalue weighted by atomic mass is 10.2. The average Bonchev–Trinajstić information content (AvgIpc) is 2.79. The van der Waals surface area contributed by atoms with Crippen LogP contribution < -0.4 is 5.73 Å². The van der Waals surface area contributed by atoms with Crippen molar-refractivity contribution >= 4 is 11.7 Å². The zero-order valence-corrected chi connectivity index (χ0v) is 11.3. The minimum atomic E-state index is -0.894. The van der Waals surface area contributed by atoms with Gasteiger partial charge in [0.2, 0.25) is 0 Å². The van der Waals surface area contributed by atoms with Crippen LogP contribution in [0.3, 0.4) is 0 Å². The summed E-state index contributed by atoms with van der Waals surface area (Å²) in [6, 6.07) is 4.09. The first-order valence-corrected chi connectivity index (χ1v) is 5.86. The number of nitriles is 1. The van der Waals surface area contributed by atoms with Crippen LogP contribution in [0.2, 0.25) is 0 Å². The van der Waals surface area contributed by atoms with Crippen molar-refractivity contribution in [3.05, 3.63) is 46.8 Å². The Morgan fingerprint density at radius 1 is 1.43 bits per heavy atom. The topological polar surface area (TPSA) is 81.0 Å². The first-order valence-electron chi connectivity index (χ1n) is 5.86. The molecule has 0 spiro atoms. The van der Waals surface area contributed by atoms with Crippen LogP contribution in [0.25, 0.3) is 5.69 Å². The van der Waals surface area contributed by atoms with E-state index in [1.807, 2.05) is 0 Å². The number of methoxy groups -OCH3 is 1. The first kappa shape index (κ1) is 14.5. The van der Waals surface area contributed by atoms with E-state index in [0.29, 0.717) is 0 Å². The number of hydrogen-bond acceptors (Lipinski definition) is 4. The summed E-state index contributed by atoms with van der Waals surface area (Å²) in [7, 11) is 1.11. The summed E-state index contributed by atoms with van der Waals surface area (Å²) in [6.07, 6.45) is 1.10. The van der Waals surface area contributed by atoms with Crippen molar-refractivity contribution in [3.63, 3.8) is 0 Å². The summed E-state index contributed by atoms with van der Waals surface area (Å²) < 4.78 is 33.6. The Kier molecular flexibility index (Phi) is 3.63. The second-order valence-corrected chi connectivity index (χ2v) is 4.31. The van der Waals surface area contributed by atoms with E-state index in [0.717, 1.165) is 23.9 Å². The van der Waals surface area contributed by atoms with E-state index >= 15 is 0 Å².